The van der Waals surface area contributed by atoms with Gasteiger partial charge in [-0.3, -0.25) is 4.99 Å². The Morgan fingerprint density at radius 3 is 2.00 bits per heavy atom. The summed E-state index contributed by atoms with van der Waals surface area (Å²) in [6, 6.07) is 0. The summed E-state index contributed by atoms with van der Waals surface area (Å²) < 4.78 is 3.02. The van der Waals surface area contributed by atoms with Crippen LogP contribution < -0.4 is 0 Å². The van der Waals surface area contributed by atoms with Crippen LogP contribution in [0.1, 0.15) is 0 Å². The topological polar surface area (TPSA) is 12.4 Å². The van der Waals surface area contributed by atoms with Crippen LogP contribution in [0.15, 0.2) is 14.0 Å². The standard InChI is InChI=1S/C4H2Br3N/c5-2-1-8-4(7)3(2)6/h1H2. The largest absolute Gasteiger partial charge is 0.271 e. The maximum Gasteiger partial charge on any atom is 0.116 e. The first-order chi connectivity index (χ1) is 3.72. The van der Waals surface area contributed by atoms with Crippen molar-refractivity contribution in [2.45, 2.75) is 0 Å². The second-order valence-electron chi connectivity index (χ2n) is 1.33. The number of rotatable bonds is 0. The molecule has 1 nitrogen and oxygen atoms in total. The first kappa shape index (κ1) is 6.96. The molecule has 0 aromatic carbocycles. The van der Waals surface area contributed by atoms with E-state index in [0.29, 0.717) is 0 Å². The van der Waals surface area contributed by atoms with Crippen LogP contribution in [0.3, 0.4) is 0 Å². The molecule has 1 rings (SSSR count). The fourth-order valence-corrected chi connectivity index (χ4v) is 1.58. The molecule has 1 aliphatic heterocycles. The van der Waals surface area contributed by atoms with Gasteiger partial charge in [0.25, 0.3) is 0 Å². The minimum atomic E-state index is 0.751. The summed E-state index contributed by atoms with van der Waals surface area (Å²) in [7, 11) is 0. The van der Waals surface area contributed by atoms with Crippen LogP contribution in [0.5, 0.6) is 0 Å². The van der Waals surface area contributed by atoms with Crippen molar-refractivity contribution in [3.63, 3.8) is 0 Å². The van der Waals surface area contributed by atoms with E-state index in [-0.39, 0.29) is 0 Å². The highest BCUT2D eigenvalue weighted by atomic mass is 79.9. The average molecular weight is 304 g/mol. The number of nitrogens with zero attached hydrogens (tertiary/aromatic N) is 1. The van der Waals surface area contributed by atoms with E-state index >= 15 is 0 Å². The summed E-state index contributed by atoms with van der Waals surface area (Å²) in [6.07, 6.45) is 0. The SMILES string of the molecule is BrC1=NCC(Br)=C1Br. The smallest absolute Gasteiger partial charge is 0.116 e. The number of halogens is 3. The number of hydrogen-bond donors (Lipinski definition) is 0. The van der Waals surface area contributed by atoms with Crippen molar-refractivity contribution in [3.8, 4) is 0 Å². The van der Waals surface area contributed by atoms with Gasteiger partial charge in [0, 0.05) is 4.48 Å². The fraction of sp³-hybridized carbons (Fsp3) is 0.250. The molecule has 0 fully saturated rings. The van der Waals surface area contributed by atoms with E-state index in [1.165, 1.54) is 0 Å². The molecule has 0 spiro atoms. The van der Waals surface area contributed by atoms with E-state index in [1.807, 2.05) is 0 Å². The van der Waals surface area contributed by atoms with E-state index in [1.54, 1.807) is 0 Å². The first-order valence-electron chi connectivity index (χ1n) is 1.96. The lowest BCUT2D eigenvalue weighted by molar-refractivity contribution is 1.28. The summed E-state index contributed by atoms with van der Waals surface area (Å²) in [6.45, 7) is 0.751. The molecule has 0 saturated heterocycles. The van der Waals surface area contributed by atoms with Crippen molar-refractivity contribution >= 4 is 52.4 Å². The van der Waals surface area contributed by atoms with Crippen LogP contribution in [0, 0.1) is 0 Å². The van der Waals surface area contributed by atoms with Gasteiger partial charge in [-0.2, -0.15) is 0 Å². The molecular weight excluding hydrogens is 302 g/mol. The Labute approximate surface area is 72.6 Å². The summed E-state index contributed by atoms with van der Waals surface area (Å²) >= 11 is 9.92. The molecule has 1 aliphatic rings. The molecule has 0 bridgehead atoms. The van der Waals surface area contributed by atoms with Gasteiger partial charge in [0.2, 0.25) is 0 Å². The minimum Gasteiger partial charge on any atom is -0.271 e. The third-order valence-corrected chi connectivity index (χ3v) is 3.99. The lowest BCUT2D eigenvalue weighted by Gasteiger charge is -1.84. The second kappa shape index (κ2) is 2.62. The number of allylic oxidation sites excluding steroid dienone is 1. The van der Waals surface area contributed by atoms with Gasteiger partial charge in [-0.25, -0.2) is 0 Å². The monoisotopic (exact) mass is 301 g/mol. The van der Waals surface area contributed by atoms with Crippen molar-refractivity contribution in [2.75, 3.05) is 6.54 Å². The lowest BCUT2D eigenvalue weighted by Crippen LogP contribution is -1.76. The molecule has 8 heavy (non-hydrogen) atoms. The number of hydrogen-bond acceptors (Lipinski definition) is 1. The second-order valence-corrected chi connectivity index (χ2v) is 3.83. The predicted molar refractivity (Wildman–Crippen MR) is 46.1 cm³/mol. The van der Waals surface area contributed by atoms with Gasteiger partial charge < -0.3 is 0 Å². The highest BCUT2D eigenvalue weighted by Gasteiger charge is 2.10. The summed E-state index contributed by atoms with van der Waals surface area (Å²) in [4.78, 5) is 4.06. The highest BCUT2D eigenvalue weighted by molar-refractivity contribution is 9.21. The summed E-state index contributed by atoms with van der Waals surface area (Å²) in [5.74, 6) is 0. The minimum absolute atomic E-state index is 0.751. The normalized spacial score (nSPS) is 19.6. The summed E-state index contributed by atoms with van der Waals surface area (Å²) in [5.41, 5.74) is 0. The van der Waals surface area contributed by atoms with E-state index in [4.69, 9.17) is 0 Å². The fourth-order valence-electron chi connectivity index (χ4n) is 0.390. The van der Waals surface area contributed by atoms with Crippen molar-refractivity contribution < 1.29 is 0 Å². The first-order valence-corrected chi connectivity index (χ1v) is 4.34. The van der Waals surface area contributed by atoms with Gasteiger partial charge in [-0.05, 0) is 31.9 Å². The van der Waals surface area contributed by atoms with E-state index in [9.17, 15) is 0 Å². The lowest BCUT2D eigenvalue weighted by atomic mass is 10.6. The molecule has 1 heterocycles. The maximum atomic E-state index is 4.06. The Bertz CT molecular complexity index is 165. The van der Waals surface area contributed by atoms with Crippen LogP contribution in [0.4, 0.5) is 0 Å². The van der Waals surface area contributed by atoms with Crippen LogP contribution in [-0.4, -0.2) is 11.2 Å². The average Bonchev–Trinajstić information content (AvgIpc) is 1.98. The molecule has 4 heteroatoms. The zero-order valence-corrected chi connectivity index (χ0v) is 8.55. The Balaban J connectivity index is 2.88. The Morgan fingerprint density at radius 1 is 1.25 bits per heavy atom. The van der Waals surface area contributed by atoms with E-state index in [2.05, 4.69) is 52.8 Å². The number of aliphatic imine (C=N–C) groups is 1. The molecule has 0 atom stereocenters. The molecule has 44 valence electrons. The van der Waals surface area contributed by atoms with Gasteiger partial charge in [0.05, 0.1) is 11.0 Å². The Morgan fingerprint density at radius 2 is 1.88 bits per heavy atom. The third-order valence-electron chi connectivity index (χ3n) is 0.776. The summed E-state index contributed by atoms with van der Waals surface area (Å²) in [5, 5.41) is 0. The molecule has 0 N–H and O–H groups in total. The van der Waals surface area contributed by atoms with Gasteiger partial charge in [-0.1, -0.05) is 15.9 Å². The van der Waals surface area contributed by atoms with E-state index in [0.717, 1.165) is 20.1 Å². The van der Waals surface area contributed by atoms with Crippen LogP contribution >= 0.6 is 47.8 Å². The molecule has 0 aliphatic carbocycles. The zero-order valence-electron chi connectivity index (χ0n) is 3.79. The molecule has 0 unspecified atom stereocenters. The molecular formula is C4H2Br3N. The van der Waals surface area contributed by atoms with Gasteiger partial charge in [0.1, 0.15) is 4.62 Å². The Hall–Kier alpha value is 0.850. The molecule has 0 radical (unpaired) electrons. The quantitative estimate of drug-likeness (QED) is 0.652. The highest BCUT2D eigenvalue weighted by Crippen LogP contribution is 2.27. The maximum absolute atomic E-state index is 4.06. The van der Waals surface area contributed by atoms with Crippen LogP contribution in [0.2, 0.25) is 0 Å². The Kier molecular flexibility index (Phi) is 2.28. The van der Waals surface area contributed by atoms with Gasteiger partial charge in [0.15, 0.2) is 0 Å². The predicted octanol–water partition coefficient (Wildman–Crippen LogP) is 2.79. The van der Waals surface area contributed by atoms with Crippen LogP contribution in [-0.2, 0) is 0 Å². The van der Waals surface area contributed by atoms with E-state index < -0.39 is 0 Å². The van der Waals surface area contributed by atoms with Gasteiger partial charge in [-0.15, -0.1) is 0 Å². The zero-order chi connectivity index (χ0) is 6.15. The van der Waals surface area contributed by atoms with Crippen molar-refractivity contribution in [1.82, 2.24) is 0 Å². The van der Waals surface area contributed by atoms with Crippen LogP contribution in [0.25, 0.3) is 0 Å². The molecule has 0 amide bonds. The van der Waals surface area contributed by atoms with Crippen molar-refractivity contribution in [1.29, 1.82) is 0 Å². The third kappa shape index (κ3) is 1.22. The van der Waals surface area contributed by atoms with Crippen molar-refractivity contribution in [3.05, 3.63) is 8.96 Å². The van der Waals surface area contributed by atoms with Gasteiger partial charge >= 0.3 is 0 Å². The molecule has 0 saturated carbocycles. The van der Waals surface area contributed by atoms with Crippen molar-refractivity contribution in [2.24, 2.45) is 4.99 Å². The molecule has 0 aromatic rings. The molecule has 0 aromatic heterocycles.